The van der Waals surface area contributed by atoms with Crippen molar-refractivity contribution < 1.29 is 14.3 Å². The molecule has 0 unspecified atom stereocenters. The first-order chi connectivity index (χ1) is 17.3. The number of carbonyl (C=O) groups is 2. The van der Waals surface area contributed by atoms with E-state index in [1.807, 2.05) is 94.4 Å². The third-order valence-electron chi connectivity index (χ3n) is 6.13. The fraction of sp³-hybridized carbons (Fsp3) is 0.333. The monoisotopic (exact) mass is 506 g/mol. The van der Waals surface area contributed by atoms with Crippen molar-refractivity contribution in [1.29, 1.82) is 0 Å². The highest BCUT2D eigenvalue weighted by Gasteiger charge is 2.31. The minimum atomic E-state index is -0.729. The van der Waals surface area contributed by atoms with E-state index in [9.17, 15) is 9.59 Å². The van der Waals surface area contributed by atoms with E-state index in [2.05, 4.69) is 5.32 Å². The Bertz CT molecular complexity index is 1150. The van der Waals surface area contributed by atoms with Gasteiger partial charge >= 0.3 is 0 Å². The minimum absolute atomic E-state index is 0.0143. The number of benzene rings is 3. The van der Waals surface area contributed by atoms with Gasteiger partial charge in [-0.2, -0.15) is 0 Å². The SMILES string of the molecule is CC[C@@H](C)NC(=O)[C@H](Cc1ccccc1)N(Cc1ccccc1Cl)C(=O)COc1cc(C)cc(C)c1. The van der Waals surface area contributed by atoms with Gasteiger partial charge in [-0.05, 0) is 67.6 Å². The van der Waals surface area contributed by atoms with Gasteiger partial charge in [0.2, 0.25) is 5.91 Å². The molecule has 36 heavy (non-hydrogen) atoms. The third kappa shape index (κ3) is 7.85. The van der Waals surface area contributed by atoms with Crippen LogP contribution in [0.5, 0.6) is 5.75 Å². The van der Waals surface area contributed by atoms with E-state index in [1.165, 1.54) is 0 Å². The molecule has 0 heterocycles. The molecule has 0 spiro atoms. The smallest absolute Gasteiger partial charge is 0.261 e. The Morgan fingerprint density at radius 1 is 0.972 bits per heavy atom. The summed E-state index contributed by atoms with van der Waals surface area (Å²) in [6.07, 6.45) is 1.17. The van der Waals surface area contributed by atoms with Crippen molar-refractivity contribution in [1.82, 2.24) is 10.2 Å². The minimum Gasteiger partial charge on any atom is -0.484 e. The van der Waals surface area contributed by atoms with Crippen molar-refractivity contribution in [2.45, 2.75) is 59.2 Å². The van der Waals surface area contributed by atoms with Crippen molar-refractivity contribution in [3.8, 4) is 5.75 Å². The van der Waals surface area contributed by atoms with Crippen molar-refractivity contribution in [2.75, 3.05) is 6.61 Å². The molecule has 1 N–H and O–H groups in total. The van der Waals surface area contributed by atoms with Crippen LogP contribution in [0.3, 0.4) is 0 Å². The van der Waals surface area contributed by atoms with Gasteiger partial charge in [-0.3, -0.25) is 9.59 Å². The summed E-state index contributed by atoms with van der Waals surface area (Å²) < 4.78 is 5.90. The predicted octanol–water partition coefficient (Wildman–Crippen LogP) is 5.89. The summed E-state index contributed by atoms with van der Waals surface area (Å²) in [6.45, 7) is 7.96. The molecule has 0 aliphatic carbocycles. The molecule has 5 nitrogen and oxygen atoms in total. The molecule has 0 radical (unpaired) electrons. The highest BCUT2D eigenvalue weighted by molar-refractivity contribution is 6.31. The Balaban J connectivity index is 1.93. The standard InChI is InChI=1S/C30H35ClN2O3/c1-5-23(4)32-30(35)28(18-24-11-7-6-8-12-24)33(19-25-13-9-10-14-27(25)31)29(34)20-36-26-16-21(2)15-22(3)17-26/h6-17,23,28H,5,18-20H2,1-4H3,(H,32,35)/t23-,28+/m1/s1. The largest absolute Gasteiger partial charge is 0.484 e. The molecule has 3 aromatic rings. The van der Waals surface area contributed by atoms with Crippen LogP contribution in [0.15, 0.2) is 72.8 Å². The molecule has 0 aromatic heterocycles. The summed E-state index contributed by atoms with van der Waals surface area (Å²) >= 11 is 6.46. The Morgan fingerprint density at radius 3 is 2.25 bits per heavy atom. The molecule has 0 saturated carbocycles. The molecule has 6 heteroatoms. The molecule has 3 rings (SSSR count). The second-order valence-corrected chi connectivity index (χ2v) is 9.66. The first-order valence-corrected chi connectivity index (χ1v) is 12.7. The lowest BCUT2D eigenvalue weighted by atomic mass is 10.0. The second-order valence-electron chi connectivity index (χ2n) is 9.25. The van der Waals surface area contributed by atoms with Gasteiger partial charge in [0.1, 0.15) is 11.8 Å². The van der Waals surface area contributed by atoms with Crippen LogP contribution in [0, 0.1) is 13.8 Å². The number of hydrogen-bond acceptors (Lipinski definition) is 3. The Hall–Kier alpha value is -3.31. The van der Waals surface area contributed by atoms with Crippen LogP contribution in [0.1, 0.15) is 42.5 Å². The van der Waals surface area contributed by atoms with Crippen LogP contribution >= 0.6 is 11.6 Å². The zero-order valence-corrected chi connectivity index (χ0v) is 22.2. The molecular weight excluding hydrogens is 472 g/mol. The van der Waals surface area contributed by atoms with Gasteiger partial charge < -0.3 is 15.0 Å². The van der Waals surface area contributed by atoms with Crippen LogP contribution in [0.4, 0.5) is 0 Å². The van der Waals surface area contributed by atoms with E-state index in [-0.39, 0.29) is 31.0 Å². The van der Waals surface area contributed by atoms with Gasteiger partial charge in [-0.15, -0.1) is 0 Å². The normalized spacial score (nSPS) is 12.5. The number of carbonyl (C=O) groups excluding carboxylic acids is 2. The maximum Gasteiger partial charge on any atom is 0.261 e. The van der Waals surface area contributed by atoms with Gasteiger partial charge in [0, 0.05) is 24.0 Å². The van der Waals surface area contributed by atoms with Gasteiger partial charge in [0.05, 0.1) is 0 Å². The summed E-state index contributed by atoms with van der Waals surface area (Å²) in [5.74, 6) is 0.150. The predicted molar refractivity (Wildman–Crippen MR) is 145 cm³/mol. The first-order valence-electron chi connectivity index (χ1n) is 12.3. The van der Waals surface area contributed by atoms with Crippen LogP contribution in [-0.4, -0.2) is 35.4 Å². The van der Waals surface area contributed by atoms with E-state index < -0.39 is 6.04 Å². The van der Waals surface area contributed by atoms with Crippen LogP contribution in [-0.2, 0) is 22.6 Å². The van der Waals surface area contributed by atoms with Gasteiger partial charge in [0.25, 0.3) is 5.91 Å². The van der Waals surface area contributed by atoms with E-state index in [0.29, 0.717) is 17.2 Å². The lowest BCUT2D eigenvalue weighted by Gasteiger charge is -2.32. The maximum absolute atomic E-state index is 13.7. The molecule has 0 aliphatic heterocycles. The Kier molecular flexibility index (Phi) is 9.95. The number of aryl methyl sites for hydroxylation is 2. The van der Waals surface area contributed by atoms with Gasteiger partial charge in [-0.25, -0.2) is 0 Å². The average molecular weight is 507 g/mol. The maximum atomic E-state index is 13.7. The molecule has 2 amide bonds. The third-order valence-corrected chi connectivity index (χ3v) is 6.50. The Labute approximate surface area is 219 Å². The van der Waals surface area contributed by atoms with E-state index in [4.69, 9.17) is 16.3 Å². The van der Waals surface area contributed by atoms with Gasteiger partial charge in [0.15, 0.2) is 6.61 Å². The molecular formula is C30H35ClN2O3. The summed E-state index contributed by atoms with van der Waals surface area (Å²) in [6, 6.07) is 22.2. The summed E-state index contributed by atoms with van der Waals surface area (Å²) in [5, 5.41) is 3.62. The lowest BCUT2D eigenvalue weighted by Crippen LogP contribution is -2.53. The number of nitrogens with one attached hydrogen (secondary N) is 1. The zero-order valence-electron chi connectivity index (χ0n) is 21.5. The molecule has 3 aromatic carbocycles. The first kappa shape index (κ1) is 27.3. The summed E-state index contributed by atoms with van der Waals surface area (Å²) in [7, 11) is 0. The Morgan fingerprint density at radius 2 is 1.61 bits per heavy atom. The second kappa shape index (κ2) is 13.1. The van der Waals surface area contributed by atoms with E-state index in [0.717, 1.165) is 28.7 Å². The highest BCUT2D eigenvalue weighted by Crippen LogP contribution is 2.22. The van der Waals surface area contributed by atoms with E-state index in [1.54, 1.807) is 11.0 Å². The average Bonchev–Trinajstić information content (AvgIpc) is 2.85. The fourth-order valence-corrected chi connectivity index (χ4v) is 4.24. The molecule has 0 fully saturated rings. The number of amides is 2. The summed E-state index contributed by atoms with van der Waals surface area (Å²) in [5.41, 5.74) is 3.85. The van der Waals surface area contributed by atoms with Crippen LogP contribution < -0.4 is 10.1 Å². The zero-order chi connectivity index (χ0) is 26.1. The number of ether oxygens (including phenoxy) is 1. The quantitative estimate of drug-likeness (QED) is 0.352. The lowest BCUT2D eigenvalue weighted by molar-refractivity contribution is -0.143. The number of halogens is 1. The van der Waals surface area contributed by atoms with Crippen LogP contribution in [0.25, 0.3) is 0 Å². The van der Waals surface area contributed by atoms with Crippen molar-refractivity contribution >= 4 is 23.4 Å². The number of hydrogen-bond donors (Lipinski definition) is 1. The molecule has 190 valence electrons. The molecule has 0 saturated heterocycles. The fourth-order valence-electron chi connectivity index (χ4n) is 4.05. The van der Waals surface area contributed by atoms with Crippen LogP contribution in [0.2, 0.25) is 5.02 Å². The summed E-state index contributed by atoms with van der Waals surface area (Å²) in [4.78, 5) is 28.8. The topological polar surface area (TPSA) is 58.6 Å². The van der Waals surface area contributed by atoms with Gasteiger partial charge in [-0.1, -0.05) is 73.1 Å². The van der Waals surface area contributed by atoms with Crippen molar-refractivity contribution in [3.05, 3.63) is 100 Å². The highest BCUT2D eigenvalue weighted by atomic mass is 35.5. The molecule has 0 aliphatic rings. The van der Waals surface area contributed by atoms with Crippen molar-refractivity contribution in [2.24, 2.45) is 0 Å². The number of nitrogens with zero attached hydrogens (tertiary/aromatic N) is 1. The molecule has 2 atom stereocenters. The molecule has 0 bridgehead atoms. The van der Waals surface area contributed by atoms with E-state index >= 15 is 0 Å². The van der Waals surface area contributed by atoms with Crippen molar-refractivity contribution in [3.63, 3.8) is 0 Å². The number of rotatable bonds is 11.